The van der Waals surface area contributed by atoms with Gasteiger partial charge in [0.25, 0.3) is 5.91 Å². The summed E-state index contributed by atoms with van der Waals surface area (Å²) in [5, 5.41) is 9.83. The van der Waals surface area contributed by atoms with Crippen molar-refractivity contribution >= 4 is 11.8 Å². The Kier molecular flexibility index (Phi) is 5.09. The molecule has 5 heteroatoms. The van der Waals surface area contributed by atoms with Crippen LogP contribution in [0.5, 0.6) is 0 Å². The molecule has 1 aliphatic rings. The van der Waals surface area contributed by atoms with Gasteiger partial charge in [0.15, 0.2) is 0 Å². The molecule has 0 bridgehead atoms. The Morgan fingerprint density at radius 3 is 2.70 bits per heavy atom. The van der Waals surface area contributed by atoms with Crippen LogP contribution >= 0.6 is 0 Å². The molecule has 1 atom stereocenters. The normalized spacial score (nSPS) is 19.2. The number of nitrogens with zero attached hydrogens (tertiary/aromatic N) is 2. The molecule has 1 aromatic rings. The van der Waals surface area contributed by atoms with E-state index in [1.54, 1.807) is 43.7 Å². The predicted octanol–water partition coefficient (Wildman–Crippen LogP) is 1.69. The Morgan fingerprint density at radius 1 is 1.35 bits per heavy atom. The maximum atomic E-state index is 12.7. The third kappa shape index (κ3) is 4.32. The fraction of sp³-hybridized carbons (Fsp3) is 0.556. The van der Waals surface area contributed by atoms with Gasteiger partial charge >= 0.3 is 0 Å². The van der Waals surface area contributed by atoms with Crippen LogP contribution in [0.4, 0.5) is 0 Å². The van der Waals surface area contributed by atoms with Crippen LogP contribution in [-0.2, 0) is 11.2 Å². The topological polar surface area (TPSA) is 60.9 Å². The number of hydrogen-bond acceptors (Lipinski definition) is 3. The molecule has 1 aromatic carbocycles. The van der Waals surface area contributed by atoms with Gasteiger partial charge in [-0.05, 0) is 51.3 Å². The quantitative estimate of drug-likeness (QED) is 0.919. The summed E-state index contributed by atoms with van der Waals surface area (Å²) in [5.41, 5.74) is 0.895. The minimum Gasteiger partial charge on any atom is -0.390 e. The van der Waals surface area contributed by atoms with Crippen molar-refractivity contribution in [1.82, 2.24) is 9.80 Å². The second-order valence-corrected chi connectivity index (χ2v) is 6.95. The number of aryl methyl sites for hydroxylation is 1. The summed E-state index contributed by atoms with van der Waals surface area (Å²) in [6.45, 7) is 6.44. The first kappa shape index (κ1) is 17.5. The molecule has 0 spiro atoms. The molecule has 1 N–H and O–H groups in total. The molecule has 0 aliphatic carbocycles. The molecule has 1 aliphatic heterocycles. The summed E-state index contributed by atoms with van der Waals surface area (Å²) in [6.07, 6.45) is 1.34. The van der Waals surface area contributed by atoms with Gasteiger partial charge < -0.3 is 14.9 Å². The van der Waals surface area contributed by atoms with Crippen LogP contribution in [0.25, 0.3) is 0 Å². The summed E-state index contributed by atoms with van der Waals surface area (Å²) in [7, 11) is 1.76. The van der Waals surface area contributed by atoms with Crippen LogP contribution in [0.3, 0.4) is 0 Å². The van der Waals surface area contributed by atoms with E-state index < -0.39 is 11.6 Å². The van der Waals surface area contributed by atoms with Crippen molar-refractivity contribution < 1.29 is 14.7 Å². The van der Waals surface area contributed by atoms with Crippen molar-refractivity contribution in [3.8, 4) is 0 Å². The Bertz CT molecular complexity index is 592. The van der Waals surface area contributed by atoms with Crippen molar-refractivity contribution in [1.29, 1.82) is 0 Å². The van der Waals surface area contributed by atoms with Gasteiger partial charge in [-0.3, -0.25) is 9.59 Å². The highest BCUT2D eigenvalue weighted by Gasteiger charge is 2.32. The lowest BCUT2D eigenvalue weighted by Gasteiger charge is -2.37. The van der Waals surface area contributed by atoms with E-state index >= 15 is 0 Å². The standard InChI is InChI=1S/C18H26N2O3/c1-13-16(21)19(4)10-11-20(13)17(22)15-7-5-6-14(12-15)8-9-18(2,3)23/h5-7,12-13,23H,8-11H2,1-4H3/t13-/m1/s1. The van der Waals surface area contributed by atoms with E-state index in [-0.39, 0.29) is 11.8 Å². The molecule has 0 saturated carbocycles. The van der Waals surface area contributed by atoms with Crippen molar-refractivity contribution in [2.24, 2.45) is 0 Å². The second kappa shape index (κ2) is 6.71. The van der Waals surface area contributed by atoms with Crippen LogP contribution in [-0.4, -0.2) is 58.5 Å². The number of hydrogen-bond donors (Lipinski definition) is 1. The van der Waals surface area contributed by atoms with E-state index in [0.29, 0.717) is 31.5 Å². The van der Waals surface area contributed by atoms with Crippen molar-refractivity contribution in [2.75, 3.05) is 20.1 Å². The number of benzene rings is 1. The van der Waals surface area contributed by atoms with E-state index in [9.17, 15) is 14.7 Å². The van der Waals surface area contributed by atoms with Crippen molar-refractivity contribution in [3.63, 3.8) is 0 Å². The number of likely N-dealkylation sites (N-methyl/N-ethyl adjacent to an activating group) is 1. The molecule has 1 heterocycles. The lowest BCUT2D eigenvalue weighted by atomic mass is 9.97. The second-order valence-electron chi connectivity index (χ2n) is 6.95. The van der Waals surface area contributed by atoms with E-state index in [2.05, 4.69) is 0 Å². The molecule has 1 fully saturated rings. The van der Waals surface area contributed by atoms with E-state index in [0.717, 1.165) is 5.56 Å². The number of carbonyl (C=O) groups is 2. The SMILES string of the molecule is C[C@@H]1C(=O)N(C)CCN1C(=O)c1cccc(CCC(C)(C)O)c1. The van der Waals surface area contributed by atoms with Crippen molar-refractivity contribution in [2.45, 2.75) is 45.3 Å². The minimum absolute atomic E-state index is 0.0252. The number of carbonyl (C=O) groups excluding carboxylic acids is 2. The van der Waals surface area contributed by atoms with Gasteiger partial charge in [0.2, 0.25) is 5.91 Å². The summed E-state index contributed by atoms with van der Waals surface area (Å²) >= 11 is 0. The third-order valence-electron chi connectivity index (χ3n) is 4.34. The maximum absolute atomic E-state index is 12.7. The maximum Gasteiger partial charge on any atom is 0.254 e. The zero-order valence-electron chi connectivity index (χ0n) is 14.4. The first-order valence-corrected chi connectivity index (χ1v) is 8.06. The van der Waals surface area contributed by atoms with Crippen LogP contribution in [0, 0.1) is 0 Å². The van der Waals surface area contributed by atoms with E-state index in [4.69, 9.17) is 0 Å². The highest BCUT2D eigenvalue weighted by Crippen LogP contribution is 2.18. The summed E-state index contributed by atoms with van der Waals surface area (Å²) < 4.78 is 0. The molecule has 5 nitrogen and oxygen atoms in total. The summed E-state index contributed by atoms with van der Waals surface area (Å²) in [4.78, 5) is 28.1. The smallest absolute Gasteiger partial charge is 0.254 e. The van der Waals surface area contributed by atoms with Gasteiger partial charge in [-0.2, -0.15) is 0 Å². The highest BCUT2D eigenvalue weighted by atomic mass is 16.3. The molecule has 0 aromatic heterocycles. The first-order valence-electron chi connectivity index (χ1n) is 8.06. The Labute approximate surface area is 137 Å². The average Bonchev–Trinajstić information content (AvgIpc) is 2.50. The molecular formula is C18H26N2O3. The van der Waals surface area contributed by atoms with Crippen LogP contribution in [0.15, 0.2) is 24.3 Å². The summed E-state index contributed by atoms with van der Waals surface area (Å²) in [6, 6.07) is 7.03. The molecule has 126 valence electrons. The Balaban J connectivity index is 2.12. The molecule has 0 unspecified atom stereocenters. The Morgan fingerprint density at radius 2 is 2.04 bits per heavy atom. The van der Waals surface area contributed by atoms with Crippen LogP contribution in [0.2, 0.25) is 0 Å². The summed E-state index contributed by atoms with van der Waals surface area (Å²) in [5.74, 6) is -0.133. The third-order valence-corrected chi connectivity index (χ3v) is 4.34. The van der Waals surface area contributed by atoms with Gasteiger partial charge in [-0.25, -0.2) is 0 Å². The van der Waals surface area contributed by atoms with Gasteiger partial charge in [-0.15, -0.1) is 0 Å². The van der Waals surface area contributed by atoms with Crippen molar-refractivity contribution in [3.05, 3.63) is 35.4 Å². The lowest BCUT2D eigenvalue weighted by molar-refractivity contribution is -0.137. The average molecular weight is 318 g/mol. The number of amides is 2. The fourth-order valence-corrected chi connectivity index (χ4v) is 2.77. The molecule has 2 amide bonds. The Hall–Kier alpha value is -1.88. The van der Waals surface area contributed by atoms with Gasteiger partial charge in [0.05, 0.1) is 5.60 Å². The largest absolute Gasteiger partial charge is 0.390 e. The van der Waals surface area contributed by atoms with Crippen LogP contribution in [0.1, 0.15) is 43.1 Å². The fourth-order valence-electron chi connectivity index (χ4n) is 2.77. The monoisotopic (exact) mass is 318 g/mol. The predicted molar refractivity (Wildman–Crippen MR) is 89.2 cm³/mol. The first-order chi connectivity index (χ1) is 10.7. The molecule has 2 rings (SSSR count). The number of rotatable bonds is 4. The zero-order chi connectivity index (χ0) is 17.2. The van der Waals surface area contributed by atoms with E-state index in [1.807, 2.05) is 18.2 Å². The number of aliphatic hydroxyl groups is 1. The zero-order valence-corrected chi connectivity index (χ0v) is 14.4. The number of piperazine rings is 1. The molecule has 1 saturated heterocycles. The van der Waals surface area contributed by atoms with Gasteiger partial charge in [0, 0.05) is 25.7 Å². The lowest BCUT2D eigenvalue weighted by Crippen LogP contribution is -2.56. The van der Waals surface area contributed by atoms with Gasteiger partial charge in [-0.1, -0.05) is 12.1 Å². The van der Waals surface area contributed by atoms with E-state index in [1.165, 1.54) is 0 Å². The van der Waals surface area contributed by atoms with Crippen LogP contribution < -0.4 is 0 Å². The van der Waals surface area contributed by atoms with Gasteiger partial charge in [0.1, 0.15) is 6.04 Å². The molecule has 0 radical (unpaired) electrons. The minimum atomic E-state index is -0.724. The molecule has 23 heavy (non-hydrogen) atoms. The molecular weight excluding hydrogens is 292 g/mol. The highest BCUT2D eigenvalue weighted by molar-refractivity contribution is 5.98.